The Morgan fingerprint density at radius 2 is 2.17 bits per heavy atom. The van der Waals surface area contributed by atoms with Crippen LogP contribution in [0.1, 0.15) is 21.7 Å². The van der Waals surface area contributed by atoms with Crippen molar-refractivity contribution in [1.82, 2.24) is 9.97 Å². The summed E-state index contributed by atoms with van der Waals surface area (Å²) in [5.41, 5.74) is 0.956. The fourth-order valence-corrected chi connectivity index (χ4v) is 0.883. The van der Waals surface area contributed by atoms with Crippen molar-refractivity contribution in [1.29, 1.82) is 0 Å². The predicted octanol–water partition coefficient (Wildman–Crippen LogP) is 3.23. The summed E-state index contributed by atoms with van der Waals surface area (Å²) in [6.07, 6.45) is 4.91. The Bertz CT molecular complexity index is 300. The van der Waals surface area contributed by atoms with Crippen LogP contribution in [-0.4, -0.2) is 9.97 Å². The highest BCUT2D eigenvalue weighted by atomic mass is 14.8. The van der Waals surface area contributed by atoms with E-state index in [0.29, 0.717) is 0 Å². The molecule has 2 aromatic heterocycles. The maximum Gasteiger partial charge on any atom is 0.137 e. The second-order valence-electron chi connectivity index (χ2n) is 2.63. The lowest BCUT2D eigenvalue weighted by Gasteiger charge is -1.82. The molecule has 1 N–H and O–H groups in total. The minimum atomic E-state index is 0. The summed E-state index contributed by atoms with van der Waals surface area (Å²) >= 11 is 0. The topological polar surface area (TPSA) is 28.7 Å². The highest BCUT2D eigenvalue weighted by molar-refractivity contribution is 5.74. The second kappa shape index (κ2) is 4.54. The van der Waals surface area contributed by atoms with Crippen LogP contribution in [0.5, 0.6) is 0 Å². The van der Waals surface area contributed by atoms with Gasteiger partial charge in [-0.2, -0.15) is 0 Å². The van der Waals surface area contributed by atoms with Gasteiger partial charge in [0.15, 0.2) is 0 Å². The molecule has 2 rings (SSSR count). The molecule has 0 radical (unpaired) electrons. The van der Waals surface area contributed by atoms with Gasteiger partial charge in [0.05, 0.1) is 0 Å². The normalized spacial score (nSPS) is 9.17. The van der Waals surface area contributed by atoms with Crippen LogP contribution in [0.3, 0.4) is 0 Å². The Morgan fingerprint density at radius 1 is 1.42 bits per heavy atom. The monoisotopic (exact) mass is 164 g/mol. The van der Waals surface area contributed by atoms with Crippen molar-refractivity contribution in [3.8, 4) is 0 Å². The molecule has 0 aliphatic carbocycles. The molecule has 2 heterocycles. The van der Waals surface area contributed by atoms with E-state index in [1.54, 1.807) is 6.20 Å². The van der Waals surface area contributed by atoms with Gasteiger partial charge in [-0.05, 0) is 18.2 Å². The van der Waals surface area contributed by atoms with Gasteiger partial charge >= 0.3 is 0 Å². The maximum atomic E-state index is 4.09. The predicted molar refractivity (Wildman–Crippen MR) is 54.2 cm³/mol. The third kappa shape index (κ3) is 2.09. The number of fused-ring (bicyclic) bond motifs is 1. The van der Waals surface area contributed by atoms with Crippen molar-refractivity contribution in [2.45, 2.75) is 20.3 Å². The van der Waals surface area contributed by atoms with Gasteiger partial charge in [-0.25, -0.2) is 4.98 Å². The number of aromatic amines is 1. The Morgan fingerprint density at radius 3 is 2.83 bits per heavy atom. The first kappa shape index (κ1) is 8.78. The number of nitrogens with zero attached hydrogens (tertiary/aromatic N) is 1. The first-order chi connectivity index (χ1) is 5.88. The van der Waals surface area contributed by atoms with Crippen molar-refractivity contribution in [3.05, 3.63) is 30.6 Å². The van der Waals surface area contributed by atoms with Crippen LogP contribution < -0.4 is 0 Å². The Labute approximate surface area is 74.1 Å². The van der Waals surface area contributed by atoms with E-state index in [1.165, 1.54) is 6.42 Å². The molecule has 0 atom stereocenters. The number of H-pyrrole nitrogens is 1. The molecule has 2 heteroatoms. The average Bonchev–Trinajstić information content (AvgIpc) is 2.52. The molecule has 0 aliphatic heterocycles. The van der Waals surface area contributed by atoms with Gasteiger partial charge in [0.25, 0.3) is 0 Å². The molecule has 0 fully saturated rings. The Hall–Kier alpha value is -1.31. The quantitative estimate of drug-likeness (QED) is 0.636. The van der Waals surface area contributed by atoms with Crippen LogP contribution in [0.2, 0.25) is 0 Å². The number of rotatable bonds is 0. The van der Waals surface area contributed by atoms with E-state index in [2.05, 4.69) is 23.8 Å². The standard InChI is InChI=1S/C7H6N2.C3H8.H2/c1-2-6-3-5-9-7(6)8-4-1;1-3-2;/h1-5H,(H,8,9);3H2,1-2H3;1H. The van der Waals surface area contributed by atoms with Crippen LogP contribution >= 0.6 is 0 Å². The molecule has 0 bridgehead atoms. The molecular formula is C10H16N2. The van der Waals surface area contributed by atoms with Crippen molar-refractivity contribution in [2.24, 2.45) is 0 Å². The molecule has 0 saturated heterocycles. The molecule has 0 aliphatic rings. The van der Waals surface area contributed by atoms with Gasteiger partial charge in [0.1, 0.15) is 5.65 Å². The van der Waals surface area contributed by atoms with E-state index in [9.17, 15) is 0 Å². The third-order valence-corrected chi connectivity index (χ3v) is 1.32. The van der Waals surface area contributed by atoms with Gasteiger partial charge in [-0.1, -0.05) is 20.3 Å². The summed E-state index contributed by atoms with van der Waals surface area (Å²) in [4.78, 5) is 7.09. The van der Waals surface area contributed by atoms with E-state index < -0.39 is 0 Å². The zero-order chi connectivity index (χ0) is 8.81. The van der Waals surface area contributed by atoms with Gasteiger partial charge in [0.2, 0.25) is 0 Å². The lowest BCUT2D eigenvalue weighted by Crippen LogP contribution is -1.70. The number of hydrogen-bond acceptors (Lipinski definition) is 1. The van der Waals surface area contributed by atoms with Gasteiger partial charge in [0, 0.05) is 19.2 Å². The maximum absolute atomic E-state index is 4.09. The number of aromatic nitrogens is 2. The summed E-state index contributed by atoms with van der Waals surface area (Å²) in [5.74, 6) is 0. The Kier molecular flexibility index (Phi) is 3.33. The second-order valence-corrected chi connectivity index (χ2v) is 2.63. The van der Waals surface area contributed by atoms with Crippen LogP contribution in [0.25, 0.3) is 11.0 Å². The van der Waals surface area contributed by atoms with Crippen LogP contribution in [-0.2, 0) is 0 Å². The Balaban J connectivity index is 0.000000324. The minimum Gasteiger partial charge on any atom is -0.346 e. The minimum absolute atomic E-state index is 0. The summed E-state index contributed by atoms with van der Waals surface area (Å²) < 4.78 is 0. The van der Waals surface area contributed by atoms with Crippen molar-refractivity contribution < 1.29 is 1.43 Å². The third-order valence-electron chi connectivity index (χ3n) is 1.32. The average molecular weight is 164 g/mol. The van der Waals surface area contributed by atoms with E-state index >= 15 is 0 Å². The fraction of sp³-hybridized carbons (Fsp3) is 0.300. The summed E-state index contributed by atoms with van der Waals surface area (Å²) in [6, 6.07) is 5.96. The van der Waals surface area contributed by atoms with E-state index in [1.807, 2.05) is 24.4 Å². The van der Waals surface area contributed by atoms with E-state index in [-0.39, 0.29) is 1.43 Å². The highest BCUT2D eigenvalue weighted by Crippen LogP contribution is 2.05. The molecule has 0 amide bonds. The number of hydrogen-bond donors (Lipinski definition) is 1. The summed E-state index contributed by atoms with van der Waals surface area (Å²) in [5, 5.41) is 1.16. The molecular weight excluding hydrogens is 148 g/mol. The molecule has 0 aromatic carbocycles. The molecule has 66 valence electrons. The first-order valence-corrected chi connectivity index (χ1v) is 4.26. The molecule has 12 heavy (non-hydrogen) atoms. The zero-order valence-corrected chi connectivity index (χ0v) is 7.54. The van der Waals surface area contributed by atoms with Gasteiger partial charge in [-0.15, -0.1) is 0 Å². The first-order valence-electron chi connectivity index (χ1n) is 4.26. The summed E-state index contributed by atoms with van der Waals surface area (Å²) in [7, 11) is 0. The van der Waals surface area contributed by atoms with E-state index in [4.69, 9.17) is 0 Å². The van der Waals surface area contributed by atoms with Crippen LogP contribution in [0, 0.1) is 0 Å². The van der Waals surface area contributed by atoms with Crippen molar-refractivity contribution >= 4 is 11.0 Å². The van der Waals surface area contributed by atoms with Crippen molar-refractivity contribution in [3.63, 3.8) is 0 Å². The van der Waals surface area contributed by atoms with E-state index in [0.717, 1.165) is 11.0 Å². The zero-order valence-electron chi connectivity index (χ0n) is 7.54. The molecule has 0 spiro atoms. The lowest BCUT2D eigenvalue weighted by molar-refractivity contribution is 1.09. The molecule has 0 unspecified atom stereocenters. The fourth-order valence-electron chi connectivity index (χ4n) is 0.883. The largest absolute Gasteiger partial charge is 0.346 e. The number of nitrogens with one attached hydrogen (secondary N) is 1. The van der Waals surface area contributed by atoms with Gasteiger partial charge < -0.3 is 4.98 Å². The highest BCUT2D eigenvalue weighted by Gasteiger charge is 1.88. The number of pyridine rings is 1. The molecule has 2 nitrogen and oxygen atoms in total. The van der Waals surface area contributed by atoms with Crippen LogP contribution in [0.4, 0.5) is 0 Å². The van der Waals surface area contributed by atoms with Crippen molar-refractivity contribution in [2.75, 3.05) is 0 Å². The molecule has 0 saturated carbocycles. The van der Waals surface area contributed by atoms with Crippen LogP contribution in [0.15, 0.2) is 30.6 Å². The lowest BCUT2D eigenvalue weighted by atomic mass is 10.3. The molecule has 2 aromatic rings. The summed E-state index contributed by atoms with van der Waals surface area (Å²) in [6.45, 7) is 4.25. The SMILES string of the molecule is CCC.[HH].c1cnc2[nH]ccc2c1. The van der Waals surface area contributed by atoms with Gasteiger partial charge in [-0.3, -0.25) is 0 Å². The smallest absolute Gasteiger partial charge is 0.137 e.